The first-order chi connectivity index (χ1) is 9.25. The third-order valence-corrected chi connectivity index (χ3v) is 5.21. The Morgan fingerprint density at radius 3 is 2.55 bits per heavy atom. The van der Waals surface area contributed by atoms with Crippen molar-refractivity contribution >= 4 is 21.7 Å². The molecule has 0 saturated carbocycles. The Labute approximate surface area is 114 Å². The molecule has 1 aliphatic rings. The Hall–Kier alpha value is -2.00. The number of hydrogen-bond acceptors (Lipinski definition) is 5. The van der Waals surface area contributed by atoms with E-state index in [0.717, 1.165) is 10.4 Å². The van der Waals surface area contributed by atoms with Gasteiger partial charge in [-0.3, -0.25) is 14.9 Å². The van der Waals surface area contributed by atoms with Crippen molar-refractivity contribution in [3.05, 3.63) is 33.9 Å². The molecule has 0 amide bonds. The molecule has 9 heteroatoms. The number of rotatable bonds is 4. The number of hydrogen-bond donors (Lipinski definition) is 1. The minimum Gasteiger partial charge on any atom is -0.481 e. The maximum atomic E-state index is 12.4. The standard InChI is InChI=1S/C11H12N2O6S/c1-7-3-2-4-9(13(16)17)10(7)20(18,19)12-5-8(6-12)11(14)15/h2-4,8H,5-6H2,1H3,(H,14,15). The number of benzene rings is 1. The van der Waals surface area contributed by atoms with Gasteiger partial charge >= 0.3 is 5.97 Å². The number of nitro benzene ring substituents is 1. The van der Waals surface area contributed by atoms with E-state index in [4.69, 9.17) is 5.11 Å². The number of sulfonamides is 1. The summed E-state index contributed by atoms with van der Waals surface area (Å²) in [4.78, 5) is 20.5. The second-order valence-electron chi connectivity index (χ2n) is 4.54. The van der Waals surface area contributed by atoms with E-state index in [2.05, 4.69) is 0 Å². The molecule has 0 spiro atoms. The van der Waals surface area contributed by atoms with Crippen LogP contribution in [0.4, 0.5) is 5.69 Å². The van der Waals surface area contributed by atoms with Crippen molar-refractivity contribution in [1.29, 1.82) is 0 Å². The lowest BCUT2D eigenvalue weighted by Gasteiger charge is -2.35. The van der Waals surface area contributed by atoms with Gasteiger partial charge in [0.1, 0.15) is 0 Å². The highest BCUT2D eigenvalue weighted by Crippen LogP contribution is 2.33. The average molecular weight is 300 g/mol. The maximum Gasteiger partial charge on any atom is 0.309 e. The summed E-state index contributed by atoms with van der Waals surface area (Å²) in [5.74, 6) is -1.83. The molecule has 0 atom stereocenters. The van der Waals surface area contributed by atoms with Crippen LogP contribution in [0.2, 0.25) is 0 Å². The molecular weight excluding hydrogens is 288 g/mol. The van der Waals surface area contributed by atoms with Crippen LogP contribution in [0.5, 0.6) is 0 Å². The van der Waals surface area contributed by atoms with Gasteiger partial charge in [0.05, 0.1) is 10.8 Å². The lowest BCUT2D eigenvalue weighted by Crippen LogP contribution is -2.53. The Kier molecular flexibility index (Phi) is 3.48. The molecular formula is C11H12N2O6S. The number of nitrogens with zero attached hydrogens (tertiary/aromatic N) is 2. The van der Waals surface area contributed by atoms with Crippen molar-refractivity contribution < 1.29 is 23.2 Å². The van der Waals surface area contributed by atoms with Crippen molar-refractivity contribution in [1.82, 2.24) is 4.31 Å². The van der Waals surface area contributed by atoms with Gasteiger partial charge in [0.25, 0.3) is 5.69 Å². The zero-order valence-corrected chi connectivity index (χ0v) is 11.3. The first-order valence-electron chi connectivity index (χ1n) is 5.72. The predicted octanol–water partition coefficient (Wildman–Crippen LogP) is 0.608. The smallest absolute Gasteiger partial charge is 0.309 e. The molecule has 1 N–H and O–H groups in total. The summed E-state index contributed by atoms with van der Waals surface area (Å²) in [6.07, 6.45) is 0. The van der Waals surface area contributed by atoms with Crippen molar-refractivity contribution in [3.63, 3.8) is 0 Å². The topological polar surface area (TPSA) is 118 Å². The summed E-state index contributed by atoms with van der Waals surface area (Å²) < 4.78 is 25.7. The average Bonchev–Trinajstić information content (AvgIpc) is 2.24. The minimum atomic E-state index is -4.05. The Morgan fingerprint density at radius 1 is 1.45 bits per heavy atom. The van der Waals surface area contributed by atoms with Gasteiger partial charge in [0.15, 0.2) is 4.90 Å². The monoisotopic (exact) mass is 300 g/mol. The Morgan fingerprint density at radius 2 is 2.05 bits per heavy atom. The van der Waals surface area contributed by atoms with E-state index in [9.17, 15) is 23.3 Å². The molecule has 2 rings (SSSR count). The molecule has 0 aliphatic carbocycles. The summed E-state index contributed by atoms with van der Waals surface area (Å²) >= 11 is 0. The number of carboxylic acid groups (broad SMARTS) is 1. The number of carboxylic acids is 1. The molecule has 1 heterocycles. The second-order valence-corrected chi connectivity index (χ2v) is 6.41. The van der Waals surface area contributed by atoms with E-state index in [-0.39, 0.29) is 23.5 Å². The fourth-order valence-corrected chi connectivity index (χ4v) is 3.93. The lowest BCUT2D eigenvalue weighted by molar-refractivity contribution is -0.388. The highest BCUT2D eigenvalue weighted by molar-refractivity contribution is 7.89. The van der Waals surface area contributed by atoms with E-state index >= 15 is 0 Å². The molecule has 8 nitrogen and oxygen atoms in total. The fraction of sp³-hybridized carbons (Fsp3) is 0.364. The molecule has 108 valence electrons. The molecule has 0 bridgehead atoms. The van der Waals surface area contributed by atoms with Crippen LogP contribution in [0.25, 0.3) is 0 Å². The summed E-state index contributed by atoms with van der Waals surface area (Å²) in [7, 11) is -4.05. The van der Waals surface area contributed by atoms with Crippen molar-refractivity contribution in [2.45, 2.75) is 11.8 Å². The van der Waals surface area contributed by atoms with E-state index < -0.39 is 32.5 Å². The molecule has 0 unspecified atom stereocenters. The van der Waals surface area contributed by atoms with E-state index in [1.807, 2.05) is 0 Å². The predicted molar refractivity (Wildman–Crippen MR) is 67.7 cm³/mol. The SMILES string of the molecule is Cc1cccc([N+](=O)[O-])c1S(=O)(=O)N1CC(C(=O)O)C1. The van der Waals surface area contributed by atoms with Crippen LogP contribution in [0.1, 0.15) is 5.56 Å². The summed E-state index contributed by atoms with van der Waals surface area (Å²) in [5.41, 5.74) is -0.234. The molecule has 0 aromatic heterocycles. The van der Waals surface area contributed by atoms with Crippen LogP contribution in [0, 0.1) is 23.0 Å². The molecule has 20 heavy (non-hydrogen) atoms. The zero-order valence-electron chi connectivity index (χ0n) is 10.5. The van der Waals surface area contributed by atoms with Crippen LogP contribution in [0.15, 0.2) is 23.1 Å². The zero-order chi connectivity index (χ0) is 15.1. The van der Waals surface area contributed by atoms with Crippen molar-refractivity contribution in [2.24, 2.45) is 5.92 Å². The van der Waals surface area contributed by atoms with Crippen LogP contribution in [-0.4, -0.2) is 41.8 Å². The van der Waals surface area contributed by atoms with Gasteiger partial charge in [0, 0.05) is 19.2 Å². The second kappa shape index (κ2) is 4.84. The lowest BCUT2D eigenvalue weighted by atomic mass is 10.0. The molecule has 1 saturated heterocycles. The Bertz CT molecular complexity index is 678. The fourth-order valence-electron chi connectivity index (χ4n) is 2.04. The van der Waals surface area contributed by atoms with E-state index in [0.29, 0.717) is 0 Å². The highest BCUT2D eigenvalue weighted by Gasteiger charge is 2.43. The normalized spacial score (nSPS) is 16.6. The largest absolute Gasteiger partial charge is 0.481 e. The van der Waals surface area contributed by atoms with Crippen LogP contribution >= 0.6 is 0 Å². The van der Waals surface area contributed by atoms with Crippen molar-refractivity contribution in [3.8, 4) is 0 Å². The molecule has 1 aliphatic heterocycles. The number of aliphatic carboxylic acids is 1. The Balaban J connectivity index is 2.42. The van der Waals surface area contributed by atoms with Gasteiger partial charge in [0.2, 0.25) is 10.0 Å². The number of carbonyl (C=O) groups is 1. The third kappa shape index (κ3) is 2.25. The first kappa shape index (κ1) is 14.4. The maximum absolute atomic E-state index is 12.4. The van der Waals surface area contributed by atoms with E-state index in [1.165, 1.54) is 19.1 Å². The van der Waals surface area contributed by atoms with Gasteiger partial charge in [-0.1, -0.05) is 12.1 Å². The molecule has 1 fully saturated rings. The first-order valence-corrected chi connectivity index (χ1v) is 7.16. The van der Waals surface area contributed by atoms with Crippen LogP contribution in [-0.2, 0) is 14.8 Å². The summed E-state index contributed by atoms with van der Waals surface area (Å²) in [6, 6.07) is 3.99. The van der Waals surface area contributed by atoms with Crippen molar-refractivity contribution in [2.75, 3.05) is 13.1 Å². The highest BCUT2D eigenvalue weighted by atomic mass is 32.2. The van der Waals surface area contributed by atoms with Crippen LogP contribution < -0.4 is 0 Å². The van der Waals surface area contributed by atoms with Crippen LogP contribution in [0.3, 0.4) is 0 Å². The van der Waals surface area contributed by atoms with Gasteiger partial charge in [-0.05, 0) is 12.5 Å². The number of nitro groups is 1. The quantitative estimate of drug-likeness (QED) is 0.643. The van der Waals surface area contributed by atoms with Gasteiger partial charge in [-0.2, -0.15) is 4.31 Å². The van der Waals surface area contributed by atoms with Gasteiger partial charge in [-0.15, -0.1) is 0 Å². The van der Waals surface area contributed by atoms with Gasteiger partial charge in [-0.25, -0.2) is 8.42 Å². The van der Waals surface area contributed by atoms with Gasteiger partial charge < -0.3 is 5.11 Å². The number of aryl methyl sites for hydroxylation is 1. The summed E-state index contributed by atoms with van der Waals surface area (Å²) in [6.45, 7) is 1.14. The summed E-state index contributed by atoms with van der Waals surface area (Å²) in [5, 5.41) is 19.7. The minimum absolute atomic E-state index is 0.164. The molecule has 1 aromatic carbocycles. The third-order valence-electron chi connectivity index (χ3n) is 3.18. The van der Waals surface area contributed by atoms with E-state index in [1.54, 1.807) is 0 Å². The molecule has 0 radical (unpaired) electrons. The molecule has 1 aromatic rings.